The van der Waals surface area contributed by atoms with Crippen LogP contribution in [-0.4, -0.2) is 47.9 Å². The summed E-state index contributed by atoms with van der Waals surface area (Å²) < 4.78 is 5.44. The van der Waals surface area contributed by atoms with Crippen molar-refractivity contribution in [1.82, 2.24) is 4.90 Å². The molecule has 5 nitrogen and oxygen atoms in total. The van der Waals surface area contributed by atoms with Gasteiger partial charge in [0.1, 0.15) is 6.23 Å². The van der Waals surface area contributed by atoms with E-state index in [1.165, 1.54) is 6.07 Å². The third kappa shape index (κ3) is 2.72. The largest absolute Gasteiger partial charge is 0.488 e. The van der Waals surface area contributed by atoms with Crippen LogP contribution in [0.5, 0.6) is 0 Å². The van der Waals surface area contributed by atoms with E-state index < -0.39 is 7.12 Å². The number of hydrogen-bond acceptors (Lipinski definition) is 4. The number of rotatable bonds is 3. The molecule has 0 saturated carbocycles. The Morgan fingerprint density at radius 1 is 1.50 bits per heavy atom. The molecule has 1 heterocycles. The Balaban J connectivity index is 2.14. The molecule has 1 aromatic rings. The molecule has 1 aliphatic rings. The van der Waals surface area contributed by atoms with Crippen molar-refractivity contribution in [3.8, 4) is 0 Å². The Morgan fingerprint density at radius 2 is 2.28 bits per heavy atom. The molecule has 1 fully saturated rings. The highest BCUT2D eigenvalue weighted by atomic mass is 16.5. The lowest BCUT2D eigenvalue weighted by Crippen LogP contribution is -2.37. The van der Waals surface area contributed by atoms with Crippen molar-refractivity contribution in [2.75, 3.05) is 13.7 Å². The Morgan fingerprint density at radius 3 is 2.89 bits per heavy atom. The average molecular weight is 249 g/mol. The van der Waals surface area contributed by atoms with E-state index >= 15 is 0 Å². The summed E-state index contributed by atoms with van der Waals surface area (Å²) in [4.78, 5) is 13.7. The van der Waals surface area contributed by atoms with Crippen LogP contribution >= 0.6 is 0 Å². The summed E-state index contributed by atoms with van der Waals surface area (Å²) in [7, 11) is 0.131. The summed E-state index contributed by atoms with van der Waals surface area (Å²) in [6, 6.07) is 6.33. The van der Waals surface area contributed by atoms with E-state index in [0.717, 1.165) is 12.8 Å². The van der Waals surface area contributed by atoms with Crippen LogP contribution in [0.1, 0.15) is 23.2 Å². The monoisotopic (exact) mass is 249 g/mol. The molecule has 1 aliphatic heterocycles. The van der Waals surface area contributed by atoms with E-state index in [1.807, 2.05) is 0 Å². The topological polar surface area (TPSA) is 70.0 Å². The standard InChI is InChI=1S/C12H16BNO4/c1-14(11-6-3-7-18-11)12(15)9-4-2-5-10(8-9)13(16)17/h2,4-5,8,11,16-17H,3,6-7H2,1H3/t11-/m1/s1. The van der Waals surface area contributed by atoms with Gasteiger partial charge in [-0.05, 0) is 30.4 Å². The number of carbonyl (C=O) groups excluding carboxylic acids is 1. The molecule has 6 heteroatoms. The minimum absolute atomic E-state index is 0.176. The smallest absolute Gasteiger partial charge is 0.423 e. The third-order valence-corrected chi connectivity index (χ3v) is 3.09. The van der Waals surface area contributed by atoms with Gasteiger partial charge in [-0.1, -0.05) is 12.1 Å². The number of nitrogens with zero attached hydrogens (tertiary/aromatic N) is 1. The second-order valence-electron chi connectivity index (χ2n) is 4.38. The summed E-state index contributed by atoms with van der Waals surface area (Å²) in [6.45, 7) is 0.678. The second-order valence-corrected chi connectivity index (χ2v) is 4.38. The molecule has 0 bridgehead atoms. The molecule has 0 aliphatic carbocycles. The first-order chi connectivity index (χ1) is 8.59. The highest BCUT2D eigenvalue weighted by Gasteiger charge is 2.25. The van der Waals surface area contributed by atoms with Gasteiger partial charge in [0.25, 0.3) is 5.91 Å². The fraction of sp³-hybridized carbons (Fsp3) is 0.417. The molecule has 1 atom stereocenters. The minimum atomic E-state index is -1.56. The molecular formula is C12H16BNO4. The van der Waals surface area contributed by atoms with Gasteiger partial charge in [0.2, 0.25) is 0 Å². The molecule has 1 aromatic carbocycles. The first-order valence-electron chi connectivity index (χ1n) is 5.94. The van der Waals surface area contributed by atoms with Gasteiger partial charge in [0, 0.05) is 19.2 Å². The van der Waals surface area contributed by atoms with E-state index in [1.54, 1.807) is 30.1 Å². The number of benzene rings is 1. The van der Waals surface area contributed by atoms with Crippen LogP contribution < -0.4 is 5.46 Å². The molecule has 2 rings (SSSR count). The maximum Gasteiger partial charge on any atom is 0.488 e. The van der Waals surface area contributed by atoms with Crippen molar-refractivity contribution in [2.45, 2.75) is 19.1 Å². The number of ether oxygens (including phenoxy) is 1. The Bertz CT molecular complexity index is 432. The number of hydrogen-bond donors (Lipinski definition) is 2. The molecule has 2 N–H and O–H groups in total. The lowest BCUT2D eigenvalue weighted by molar-refractivity contribution is 0.000884. The molecular weight excluding hydrogens is 233 g/mol. The average Bonchev–Trinajstić information content (AvgIpc) is 2.91. The minimum Gasteiger partial charge on any atom is -0.423 e. The second kappa shape index (κ2) is 5.52. The summed E-state index contributed by atoms with van der Waals surface area (Å²) in [5.41, 5.74) is 0.736. The van der Waals surface area contributed by atoms with Crippen LogP contribution in [0, 0.1) is 0 Å². The van der Waals surface area contributed by atoms with Crippen LogP contribution in [-0.2, 0) is 4.74 Å². The van der Waals surface area contributed by atoms with Gasteiger partial charge in [0.05, 0.1) is 0 Å². The predicted octanol–water partition coefficient (Wildman–Crippen LogP) is -0.425. The third-order valence-electron chi connectivity index (χ3n) is 3.09. The van der Waals surface area contributed by atoms with Crippen molar-refractivity contribution in [3.63, 3.8) is 0 Å². The van der Waals surface area contributed by atoms with Crippen molar-refractivity contribution in [2.24, 2.45) is 0 Å². The zero-order valence-corrected chi connectivity index (χ0v) is 10.2. The van der Waals surface area contributed by atoms with Gasteiger partial charge in [-0.25, -0.2) is 0 Å². The first-order valence-corrected chi connectivity index (χ1v) is 5.94. The maximum absolute atomic E-state index is 12.2. The zero-order valence-electron chi connectivity index (χ0n) is 10.2. The fourth-order valence-corrected chi connectivity index (χ4v) is 2.03. The van der Waals surface area contributed by atoms with Crippen molar-refractivity contribution in [1.29, 1.82) is 0 Å². The molecule has 0 spiro atoms. The van der Waals surface area contributed by atoms with Crippen LogP contribution in [0.4, 0.5) is 0 Å². The van der Waals surface area contributed by atoms with Crippen molar-refractivity contribution >= 4 is 18.5 Å². The number of amides is 1. The van der Waals surface area contributed by atoms with Gasteiger partial charge in [-0.15, -0.1) is 0 Å². The van der Waals surface area contributed by atoms with Crippen molar-refractivity contribution in [3.05, 3.63) is 29.8 Å². The van der Waals surface area contributed by atoms with Crippen LogP contribution in [0.3, 0.4) is 0 Å². The molecule has 1 saturated heterocycles. The summed E-state index contributed by atoms with van der Waals surface area (Å²) >= 11 is 0. The summed E-state index contributed by atoms with van der Waals surface area (Å²) in [5, 5.41) is 18.2. The van der Waals surface area contributed by atoms with E-state index in [-0.39, 0.29) is 12.1 Å². The Labute approximate surface area is 106 Å². The lowest BCUT2D eigenvalue weighted by Gasteiger charge is -2.23. The van der Waals surface area contributed by atoms with Crippen molar-refractivity contribution < 1.29 is 19.6 Å². The zero-order chi connectivity index (χ0) is 13.1. The molecule has 18 heavy (non-hydrogen) atoms. The molecule has 1 amide bonds. The first kappa shape index (κ1) is 13.1. The highest BCUT2D eigenvalue weighted by molar-refractivity contribution is 6.58. The van der Waals surface area contributed by atoms with E-state index in [4.69, 9.17) is 14.8 Å². The van der Waals surface area contributed by atoms with E-state index in [0.29, 0.717) is 17.6 Å². The quantitative estimate of drug-likeness (QED) is 0.713. The van der Waals surface area contributed by atoms with Gasteiger partial charge in [-0.3, -0.25) is 4.79 Å². The maximum atomic E-state index is 12.2. The summed E-state index contributed by atoms with van der Waals surface area (Å²) in [6.07, 6.45) is 1.61. The molecule has 96 valence electrons. The lowest BCUT2D eigenvalue weighted by atomic mass is 9.79. The molecule has 0 radical (unpaired) electrons. The molecule has 0 unspecified atom stereocenters. The number of carbonyl (C=O) groups is 1. The van der Waals surface area contributed by atoms with E-state index in [2.05, 4.69) is 0 Å². The summed E-state index contributed by atoms with van der Waals surface area (Å²) in [5.74, 6) is -0.176. The Hall–Kier alpha value is -1.37. The SMILES string of the molecule is CN(C(=O)c1cccc(B(O)O)c1)[C@H]1CCCO1. The molecule has 0 aromatic heterocycles. The predicted molar refractivity (Wildman–Crippen MR) is 67.3 cm³/mol. The van der Waals surface area contributed by atoms with Crippen LogP contribution in [0.25, 0.3) is 0 Å². The normalized spacial score (nSPS) is 18.7. The van der Waals surface area contributed by atoms with Crippen LogP contribution in [0.2, 0.25) is 0 Å². The van der Waals surface area contributed by atoms with Gasteiger partial charge < -0.3 is 19.7 Å². The fourth-order valence-electron chi connectivity index (χ4n) is 2.03. The Kier molecular flexibility index (Phi) is 4.01. The highest BCUT2D eigenvalue weighted by Crippen LogP contribution is 2.17. The van der Waals surface area contributed by atoms with E-state index in [9.17, 15) is 4.79 Å². The van der Waals surface area contributed by atoms with Gasteiger partial charge in [0.15, 0.2) is 0 Å². The van der Waals surface area contributed by atoms with Gasteiger partial charge >= 0.3 is 7.12 Å². The van der Waals surface area contributed by atoms with Gasteiger partial charge in [-0.2, -0.15) is 0 Å². The van der Waals surface area contributed by atoms with Crippen LogP contribution in [0.15, 0.2) is 24.3 Å².